The number of nitrogens with zero attached hydrogens (tertiary/aromatic N) is 1. The van der Waals surface area contributed by atoms with Crippen LogP contribution in [0.25, 0.3) is 0 Å². The van der Waals surface area contributed by atoms with Gasteiger partial charge in [0.05, 0.1) is 0 Å². The van der Waals surface area contributed by atoms with Crippen LogP contribution in [0.4, 0.5) is 0 Å². The van der Waals surface area contributed by atoms with E-state index in [2.05, 4.69) is 37.9 Å². The van der Waals surface area contributed by atoms with Crippen molar-refractivity contribution in [2.45, 2.75) is 46.5 Å². The number of aryl methyl sites for hydroxylation is 1. The molecule has 0 aliphatic rings. The largest absolute Gasteiger partial charge is 0.261 e. The first-order valence-electron chi connectivity index (χ1n) is 6.08. The molecule has 15 heavy (non-hydrogen) atoms. The minimum absolute atomic E-state index is 0.828. The Morgan fingerprint density at radius 3 is 2.47 bits per heavy atom. The fourth-order valence-corrected chi connectivity index (χ4v) is 1.70. The Morgan fingerprint density at radius 1 is 1.07 bits per heavy atom. The van der Waals surface area contributed by atoms with Crippen LogP contribution in [-0.4, -0.2) is 4.98 Å². The molecule has 0 aliphatic carbocycles. The van der Waals surface area contributed by atoms with Gasteiger partial charge in [-0.25, -0.2) is 0 Å². The molecule has 0 spiro atoms. The maximum Gasteiger partial charge on any atom is 0.0403 e. The molecule has 0 aliphatic heterocycles. The SMILES string of the molecule is CC(C)CCC(C)CCc1ccccn1. The minimum atomic E-state index is 0.828. The predicted octanol–water partition coefficient (Wildman–Crippen LogP) is 4.09. The molecule has 1 heteroatoms. The molecule has 1 aromatic heterocycles. The summed E-state index contributed by atoms with van der Waals surface area (Å²) in [4.78, 5) is 4.35. The molecule has 1 rings (SSSR count). The first-order chi connectivity index (χ1) is 7.18. The van der Waals surface area contributed by atoms with E-state index in [1.807, 2.05) is 12.3 Å². The lowest BCUT2D eigenvalue weighted by molar-refractivity contribution is 0.427. The third-order valence-electron chi connectivity index (χ3n) is 2.86. The summed E-state index contributed by atoms with van der Waals surface area (Å²) < 4.78 is 0. The highest BCUT2D eigenvalue weighted by Gasteiger charge is 2.04. The molecule has 0 amide bonds. The molecular weight excluding hydrogens is 182 g/mol. The average Bonchev–Trinajstić information content (AvgIpc) is 2.25. The van der Waals surface area contributed by atoms with E-state index in [9.17, 15) is 0 Å². The Bertz CT molecular complexity index is 253. The van der Waals surface area contributed by atoms with E-state index in [0.717, 1.165) is 18.3 Å². The van der Waals surface area contributed by atoms with E-state index in [1.165, 1.54) is 25.0 Å². The fraction of sp³-hybridized carbons (Fsp3) is 0.643. The number of aromatic nitrogens is 1. The van der Waals surface area contributed by atoms with Crippen molar-refractivity contribution < 1.29 is 0 Å². The summed E-state index contributed by atoms with van der Waals surface area (Å²) in [6.45, 7) is 6.95. The van der Waals surface area contributed by atoms with Gasteiger partial charge < -0.3 is 0 Å². The zero-order valence-electron chi connectivity index (χ0n) is 10.2. The van der Waals surface area contributed by atoms with Crippen LogP contribution >= 0.6 is 0 Å². The second-order valence-corrected chi connectivity index (χ2v) is 4.94. The maximum absolute atomic E-state index is 4.35. The van der Waals surface area contributed by atoms with Gasteiger partial charge in [-0.15, -0.1) is 0 Å². The third-order valence-corrected chi connectivity index (χ3v) is 2.86. The Labute approximate surface area is 93.9 Å². The lowest BCUT2D eigenvalue weighted by Gasteiger charge is -2.12. The van der Waals surface area contributed by atoms with Gasteiger partial charge in [-0.2, -0.15) is 0 Å². The maximum atomic E-state index is 4.35. The normalized spacial score (nSPS) is 13.1. The molecule has 0 fully saturated rings. The lowest BCUT2D eigenvalue weighted by atomic mass is 9.95. The predicted molar refractivity (Wildman–Crippen MR) is 65.8 cm³/mol. The molecule has 84 valence electrons. The van der Waals surface area contributed by atoms with E-state index in [-0.39, 0.29) is 0 Å². The van der Waals surface area contributed by atoms with Gasteiger partial charge in [0.15, 0.2) is 0 Å². The summed E-state index contributed by atoms with van der Waals surface area (Å²) in [5.41, 5.74) is 1.23. The Hall–Kier alpha value is -0.850. The molecule has 1 heterocycles. The molecule has 0 bridgehead atoms. The number of rotatable bonds is 6. The summed E-state index contributed by atoms with van der Waals surface area (Å²) in [5.74, 6) is 1.66. The molecule has 0 saturated heterocycles. The van der Waals surface area contributed by atoms with Crippen molar-refractivity contribution in [1.29, 1.82) is 0 Å². The van der Waals surface area contributed by atoms with Crippen molar-refractivity contribution in [3.05, 3.63) is 30.1 Å². The monoisotopic (exact) mass is 205 g/mol. The third kappa shape index (κ3) is 5.56. The molecule has 0 saturated carbocycles. The van der Waals surface area contributed by atoms with E-state index in [1.54, 1.807) is 0 Å². The molecule has 0 aromatic carbocycles. The topological polar surface area (TPSA) is 12.9 Å². The zero-order valence-corrected chi connectivity index (χ0v) is 10.2. The molecular formula is C14H23N. The molecule has 1 atom stereocenters. The Morgan fingerprint density at radius 2 is 1.87 bits per heavy atom. The van der Waals surface area contributed by atoms with Gasteiger partial charge >= 0.3 is 0 Å². The van der Waals surface area contributed by atoms with Crippen LogP contribution in [0.5, 0.6) is 0 Å². The van der Waals surface area contributed by atoms with Crippen molar-refractivity contribution in [3.63, 3.8) is 0 Å². The van der Waals surface area contributed by atoms with Crippen LogP contribution < -0.4 is 0 Å². The van der Waals surface area contributed by atoms with E-state index in [4.69, 9.17) is 0 Å². The van der Waals surface area contributed by atoms with Crippen molar-refractivity contribution in [1.82, 2.24) is 4.98 Å². The van der Waals surface area contributed by atoms with Gasteiger partial charge in [0.2, 0.25) is 0 Å². The summed E-state index contributed by atoms with van der Waals surface area (Å²) >= 11 is 0. The van der Waals surface area contributed by atoms with Gasteiger partial charge in [0, 0.05) is 11.9 Å². The number of hydrogen-bond acceptors (Lipinski definition) is 1. The summed E-state index contributed by atoms with van der Waals surface area (Å²) in [5, 5.41) is 0. The summed E-state index contributed by atoms with van der Waals surface area (Å²) in [6.07, 6.45) is 6.98. The van der Waals surface area contributed by atoms with Crippen molar-refractivity contribution in [2.24, 2.45) is 11.8 Å². The smallest absolute Gasteiger partial charge is 0.0403 e. The van der Waals surface area contributed by atoms with Crippen LogP contribution in [0.15, 0.2) is 24.4 Å². The highest BCUT2D eigenvalue weighted by molar-refractivity contribution is 5.03. The van der Waals surface area contributed by atoms with Crippen LogP contribution in [0.1, 0.15) is 45.7 Å². The van der Waals surface area contributed by atoms with Crippen LogP contribution in [-0.2, 0) is 6.42 Å². The van der Waals surface area contributed by atoms with Crippen LogP contribution in [0.3, 0.4) is 0 Å². The fourth-order valence-electron chi connectivity index (χ4n) is 1.70. The zero-order chi connectivity index (χ0) is 11.1. The quantitative estimate of drug-likeness (QED) is 0.681. The van der Waals surface area contributed by atoms with Crippen LogP contribution in [0, 0.1) is 11.8 Å². The Kier molecular flexibility index (Phi) is 5.38. The first-order valence-corrected chi connectivity index (χ1v) is 6.08. The van der Waals surface area contributed by atoms with Crippen LogP contribution in [0.2, 0.25) is 0 Å². The standard InChI is InChI=1S/C14H23N/c1-12(2)7-8-13(3)9-10-14-6-4-5-11-15-14/h4-6,11-13H,7-10H2,1-3H3. The second-order valence-electron chi connectivity index (χ2n) is 4.94. The number of hydrogen-bond donors (Lipinski definition) is 0. The number of pyridine rings is 1. The highest BCUT2D eigenvalue weighted by atomic mass is 14.7. The first kappa shape index (κ1) is 12.2. The highest BCUT2D eigenvalue weighted by Crippen LogP contribution is 2.16. The Balaban J connectivity index is 2.19. The summed E-state index contributed by atoms with van der Waals surface area (Å²) in [7, 11) is 0. The van der Waals surface area contributed by atoms with Crippen molar-refractivity contribution in [2.75, 3.05) is 0 Å². The minimum Gasteiger partial charge on any atom is -0.261 e. The lowest BCUT2D eigenvalue weighted by Crippen LogP contribution is -2.00. The van der Waals surface area contributed by atoms with Gasteiger partial charge in [-0.1, -0.05) is 39.7 Å². The molecule has 0 N–H and O–H groups in total. The summed E-state index contributed by atoms with van der Waals surface area (Å²) in [6, 6.07) is 6.17. The van der Waals surface area contributed by atoms with Gasteiger partial charge in [0.1, 0.15) is 0 Å². The van der Waals surface area contributed by atoms with Crippen molar-refractivity contribution >= 4 is 0 Å². The van der Waals surface area contributed by atoms with E-state index < -0.39 is 0 Å². The average molecular weight is 205 g/mol. The van der Waals surface area contributed by atoms with Gasteiger partial charge in [-0.3, -0.25) is 4.98 Å². The molecule has 1 aromatic rings. The van der Waals surface area contributed by atoms with Gasteiger partial charge in [-0.05, 0) is 36.8 Å². The van der Waals surface area contributed by atoms with E-state index in [0.29, 0.717) is 0 Å². The van der Waals surface area contributed by atoms with E-state index >= 15 is 0 Å². The molecule has 1 nitrogen and oxygen atoms in total. The second kappa shape index (κ2) is 6.60. The molecule has 1 unspecified atom stereocenters. The molecule has 0 radical (unpaired) electrons. The van der Waals surface area contributed by atoms with Crippen molar-refractivity contribution in [3.8, 4) is 0 Å². The van der Waals surface area contributed by atoms with Gasteiger partial charge in [0.25, 0.3) is 0 Å².